The first-order chi connectivity index (χ1) is 14.0. The summed E-state index contributed by atoms with van der Waals surface area (Å²) in [5.74, 6) is -0.199. The zero-order chi connectivity index (χ0) is 20.5. The Morgan fingerprint density at radius 2 is 2.03 bits per heavy atom. The molecule has 2 amide bonds. The topological polar surface area (TPSA) is 45.6 Å². The van der Waals surface area contributed by atoms with E-state index in [2.05, 4.69) is 0 Å². The van der Waals surface area contributed by atoms with E-state index in [1.807, 2.05) is 51.8 Å². The van der Waals surface area contributed by atoms with Crippen molar-refractivity contribution in [1.82, 2.24) is 14.4 Å². The second-order valence-corrected chi connectivity index (χ2v) is 8.36. The molecule has 0 spiro atoms. The van der Waals surface area contributed by atoms with Crippen molar-refractivity contribution in [3.05, 3.63) is 58.9 Å². The van der Waals surface area contributed by atoms with E-state index in [9.17, 15) is 14.0 Å². The number of fused-ring (bicyclic) bond motifs is 1. The number of carbonyl (C=O) groups is 2. The van der Waals surface area contributed by atoms with Crippen LogP contribution < -0.4 is 0 Å². The molecule has 3 heterocycles. The van der Waals surface area contributed by atoms with Gasteiger partial charge in [0.1, 0.15) is 16.3 Å². The highest BCUT2D eigenvalue weighted by Crippen LogP contribution is 2.28. The van der Waals surface area contributed by atoms with Crippen LogP contribution in [0.5, 0.6) is 0 Å². The normalized spacial score (nSPS) is 17.1. The number of aromatic nitrogens is 1. The fourth-order valence-corrected chi connectivity index (χ4v) is 4.90. The first-order valence-electron chi connectivity index (χ1n) is 9.88. The Labute approximate surface area is 173 Å². The highest BCUT2D eigenvalue weighted by molar-refractivity contribution is 7.16. The van der Waals surface area contributed by atoms with Crippen molar-refractivity contribution in [2.24, 2.45) is 0 Å². The van der Waals surface area contributed by atoms with Gasteiger partial charge in [-0.2, -0.15) is 0 Å². The lowest BCUT2D eigenvalue weighted by Crippen LogP contribution is -2.55. The predicted molar refractivity (Wildman–Crippen MR) is 113 cm³/mol. The zero-order valence-electron chi connectivity index (χ0n) is 16.6. The average molecular weight is 414 g/mol. The van der Waals surface area contributed by atoms with Crippen LogP contribution in [0.2, 0.25) is 0 Å². The van der Waals surface area contributed by atoms with Gasteiger partial charge in [-0.05, 0) is 42.1 Å². The van der Waals surface area contributed by atoms with E-state index >= 15 is 0 Å². The molecule has 5 nitrogen and oxygen atoms in total. The Morgan fingerprint density at radius 1 is 1.21 bits per heavy atom. The number of benzene rings is 1. The largest absolute Gasteiger partial charge is 0.336 e. The van der Waals surface area contributed by atoms with E-state index in [4.69, 9.17) is 0 Å². The molecule has 0 saturated carbocycles. The molecule has 1 fully saturated rings. The van der Waals surface area contributed by atoms with E-state index in [-0.39, 0.29) is 23.7 Å². The molecule has 0 radical (unpaired) electrons. The van der Waals surface area contributed by atoms with Gasteiger partial charge in [0.2, 0.25) is 5.91 Å². The van der Waals surface area contributed by atoms with Gasteiger partial charge in [-0.25, -0.2) is 4.39 Å². The molecule has 29 heavy (non-hydrogen) atoms. The maximum absolute atomic E-state index is 13.7. The number of carbonyl (C=O) groups excluding carboxylic acids is 2. The summed E-state index contributed by atoms with van der Waals surface area (Å²) >= 11 is 1.58. The maximum Gasteiger partial charge on any atom is 0.270 e. The summed E-state index contributed by atoms with van der Waals surface area (Å²) in [5, 5.41) is 3.01. The number of hydrogen-bond acceptors (Lipinski definition) is 3. The van der Waals surface area contributed by atoms with Crippen molar-refractivity contribution >= 4 is 33.4 Å². The smallest absolute Gasteiger partial charge is 0.270 e. The number of nitrogens with zero attached hydrogens (tertiary/aromatic N) is 3. The molecular formula is C22H24FN3O2S. The summed E-state index contributed by atoms with van der Waals surface area (Å²) < 4.78 is 15.6. The fourth-order valence-electron chi connectivity index (χ4n) is 4.00. The van der Waals surface area contributed by atoms with Crippen molar-refractivity contribution < 1.29 is 14.0 Å². The molecule has 1 atom stereocenters. The standard InChI is InChI=1S/C22H24FN3O2S/c1-3-20(27)25-9-8-24(13-15(25)2)21(28)19-12-17-7-10-29-22(17)26(19)14-16-5-4-6-18(23)11-16/h4-7,10-12,15H,3,8-9,13-14H2,1-2H3/t15-/m0/s1. The molecule has 1 aliphatic rings. The third-order valence-corrected chi connectivity index (χ3v) is 6.44. The Kier molecular flexibility index (Phi) is 5.41. The van der Waals surface area contributed by atoms with Crippen LogP contribution in [-0.2, 0) is 11.3 Å². The third kappa shape index (κ3) is 3.79. The van der Waals surface area contributed by atoms with E-state index in [1.165, 1.54) is 12.1 Å². The van der Waals surface area contributed by atoms with Crippen LogP contribution in [0.15, 0.2) is 41.8 Å². The summed E-state index contributed by atoms with van der Waals surface area (Å²) in [5.41, 5.74) is 1.43. The molecule has 3 aromatic rings. The average Bonchev–Trinajstić information content (AvgIpc) is 3.29. The minimum absolute atomic E-state index is 0.00658. The molecule has 152 valence electrons. The lowest BCUT2D eigenvalue weighted by molar-refractivity contribution is -0.134. The Hall–Kier alpha value is -2.67. The zero-order valence-corrected chi connectivity index (χ0v) is 17.4. The van der Waals surface area contributed by atoms with Crippen LogP contribution in [0.1, 0.15) is 36.3 Å². The van der Waals surface area contributed by atoms with Gasteiger partial charge in [0.05, 0.1) is 0 Å². The molecule has 0 aliphatic carbocycles. The number of thiophene rings is 1. The van der Waals surface area contributed by atoms with Crippen molar-refractivity contribution in [1.29, 1.82) is 0 Å². The second-order valence-electron chi connectivity index (χ2n) is 7.47. The quantitative estimate of drug-likeness (QED) is 0.650. The van der Waals surface area contributed by atoms with Gasteiger partial charge in [-0.1, -0.05) is 19.1 Å². The maximum atomic E-state index is 13.7. The van der Waals surface area contributed by atoms with Crippen LogP contribution in [0.3, 0.4) is 0 Å². The van der Waals surface area contributed by atoms with Crippen LogP contribution in [0.25, 0.3) is 10.2 Å². The van der Waals surface area contributed by atoms with Crippen molar-refractivity contribution in [2.75, 3.05) is 19.6 Å². The Bertz CT molecular complexity index is 1060. The van der Waals surface area contributed by atoms with Gasteiger partial charge in [0.25, 0.3) is 5.91 Å². The fraction of sp³-hybridized carbons (Fsp3) is 0.364. The molecule has 0 bridgehead atoms. The number of halogens is 1. The van der Waals surface area contributed by atoms with Crippen LogP contribution in [0.4, 0.5) is 4.39 Å². The SMILES string of the molecule is CCC(=O)N1CCN(C(=O)c2cc3ccsc3n2Cc2cccc(F)c2)C[C@@H]1C. The van der Waals surface area contributed by atoms with Crippen molar-refractivity contribution in [3.8, 4) is 0 Å². The minimum atomic E-state index is -0.282. The summed E-state index contributed by atoms with van der Waals surface area (Å²) in [6.45, 7) is 5.87. The first kappa shape index (κ1) is 19.6. The van der Waals surface area contributed by atoms with Gasteiger partial charge in [0, 0.05) is 44.0 Å². The minimum Gasteiger partial charge on any atom is -0.336 e. The molecule has 0 N–H and O–H groups in total. The number of hydrogen-bond donors (Lipinski definition) is 0. The van der Waals surface area contributed by atoms with Gasteiger partial charge in [0.15, 0.2) is 0 Å². The van der Waals surface area contributed by atoms with E-state index in [1.54, 1.807) is 17.4 Å². The van der Waals surface area contributed by atoms with Crippen molar-refractivity contribution in [2.45, 2.75) is 32.9 Å². The molecule has 0 unspecified atom stereocenters. The highest BCUT2D eigenvalue weighted by atomic mass is 32.1. The summed E-state index contributed by atoms with van der Waals surface area (Å²) in [7, 11) is 0. The summed E-state index contributed by atoms with van der Waals surface area (Å²) in [6.07, 6.45) is 0.477. The summed E-state index contributed by atoms with van der Waals surface area (Å²) in [6, 6.07) is 10.4. The monoisotopic (exact) mass is 413 g/mol. The van der Waals surface area contributed by atoms with Gasteiger partial charge in [-0.15, -0.1) is 11.3 Å². The van der Waals surface area contributed by atoms with Gasteiger partial charge < -0.3 is 14.4 Å². The molecule has 2 aromatic heterocycles. The van der Waals surface area contributed by atoms with E-state index in [0.717, 1.165) is 15.8 Å². The van der Waals surface area contributed by atoms with Crippen molar-refractivity contribution in [3.63, 3.8) is 0 Å². The van der Waals surface area contributed by atoms with Crippen LogP contribution in [-0.4, -0.2) is 51.9 Å². The van der Waals surface area contributed by atoms with Crippen LogP contribution >= 0.6 is 11.3 Å². The molecule has 1 aliphatic heterocycles. The predicted octanol–water partition coefficient (Wildman–Crippen LogP) is 3.97. The lowest BCUT2D eigenvalue weighted by Gasteiger charge is -2.40. The lowest BCUT2D eigenvalue weighted by atomic mass is 10.1. The highest BCUT2D eigenvalue weighted by Gasteiger charge is 2.31. The molecule has 7 heteroatoms. The molecule has 1 aromatic carbocycles. The Morgan fingerprint density at radius 3 is 2.76 bits per heavy atom. The Balaban J connectivity index is 1.61. The van der Waals surface area contributed by atoms with E-state index in [0.29, 0.717) is 38.3 Å². The molecular weight excluding hydrogens is 389 g/mol. The van der Waals surface area contributed by atoms with Crippen LogP contribution in [0, 0.1) is 5.82 Å². The number of amides is 2. The van der Waals surface area contributed by atoms with Gasteiger partial charge >= 0.3 is 0 Å². The number of rotatable bonds is 4. The second kappa shape index (κ2) is 7.99. The molecule has 4 rings (SSSR count). The first-order valence-corrected chi connectivity index (χ1v) is 10.8. The summed E-state index contributed by atoms with van der Waals surface area (Å²) in [4.78, 5) is 30.1. The van der Waals surface area contributed by atoms with Gasteiger partial charge in [-0.3, -0.25) is 9.59 Å². The number of piperazine rings is 1. The molecule has 1 saturated heterocycles. The third-order valence-electron chi connectivity index (χ3n) is 5.49. The van der Waals surface area contributed by atoms with E-state index < -0.39 is 0 Å².